The highest BCUT2D eigenvalue weighted by Gasteiger charge is 2.03. The first kappa shape index (κ1) is 24.1. The van der Waals surface area contributed by atoms with Gasteiger partial charge in [0, 0.05) is 5.02 Å². The second kappa shape index (κ2) is 14.0. The van der Waals surface area contributed by atoms with Crippen LogP contribution in [0.5, 0.6) is 11.5 Å². The third-order valence-corrected chi connectivity index (χ3v) is 5.36. The average molecular weight is 445 g/mol. The number of hydrogen-bond acceptors (Lipinski definition) is 2. The first-order valence-corrected chi connectivity index (χ1v) is 11.2. The predicted molar refractivity (Wildman–Crippen MR) is 128 cm³/mol. The molecule has 3 aromatic carbocycles. The van der Waals surface area contributed by atoms with E-state index in [0.717, 1.165) is 34.7 Å². The molecule has 0 spiro atoms. The van der Waals surface area contributed by atoms with E-state index in [1.165, 1.54) is 25.7 Å². The maximum Gasteiger partial charge on any atom is 0.134 e. The van der Waals surface area contributed by atoms with Gasteiger partial charge in [-0.05, 0) is 54.3 Å². The number of phenols is 1. The fourth-order valence-corrected chi connectivity index (χ4v) is 3.30. The Bertz CT molecular complexity index is 849. The van der Waals surface area contributed by atoms with Crippen LogP contribution in [0.4, 0.5) is 0 Å². The van der Waals surface area contributed by atoms with Gasteiger partial charge in [0.2, 0.25) is 0 Å². The Morgan fingerprint density at radius 3 is 2.17 bits per heavy atom. The van der Waals surface area contributed by atoms with Crippen molar-refractivity contribution in [3.8, 4) is 11.5 Å². The molecule has 1 N–H and O–H groups in total. The molecule has 0 unspecified atom stereocenters. The van der Waals surface area contributed by atoms with Gasteiger partial charge in [-0.15, -0.1) is 0 Å². The van der Waals surface area contributed by atoms with E-state index in [2.05, 4.69) is 6.92 Å². The maximum atomic E-state index is 9.41. The number of rotatable bonds is 9. The summed E-state index contributed by atoms with van der Waals surface area (Å²) in [7, 11) is 0. The number of aromatic hydroxyl groups is 1. The number of unbranched alkanes of at least 4 members (excludes halogenated alkanes) is 4. The Balaban J connectivity index is 0.000000214. The molecule has 3 aromatic rings. The van der Waals surface area contributed by atoms with Crippen LogP contribution in [0.2, 0.25) is 10.0 Å². The van der Waals surface area contributed by atoms with Crippen molar-refractivity contribution in [3.63, 3.8) is 0 Å². The number of benzene rings is 3. The molecule has 0 saturated carbocycles. The minimum atomic E-state index is 0.197. The zero-order valence-corrected chi connectivity index (χ0v) is 19.0. The van der Waals surface area contributed by atoms with E-state index >= 15 is 0 Å². The third kappa shape index (κ3) is 9.11. The first-order chi connectivity index (χ1) is 14.6. The lowest BCUT2D eigenvalue weighted by molar-refractivity contribution is 0.306. The van der Waals surface area contributed by atoms with E-state index in [9.17, 15) is 5.11 Å². The summed E-state index contributed by atoms with van der Waals surface area (Å²) in [4.78, 5) is 0. The number of hydrogen-bond donors (Lipinski definition) is 1. The lowest BCUT2D eigenvalue weighted by Crippen LogP contribution is -1.94. The Morgan fingerprint density at radius 1 is 0.767 bits per heavy atom. The molecule has 0 atom stereocenters. The Kier molecular flexibility index (Phi) is 11.2. The van der Waals surface area contributed by atoms with Gasteiger partial charge in [0.15, 0.2) is 0 Å². The topological polar surface area (TPSA) is 29.5 Å². The number of ether oxygens (including phenoxy) is 1. The molecule has 4 heteroatoms. The maximum absolute atomic E-state index is 9.41. The molecule has 0 aliphatic heterocycles. The minimum absolute atomic E-state index is 0.197. The van der Waals surface area contributed by atoms with Crippen LogP contribution in [-0.2, 0) is 13.0 Å². The lowest BCUT2D eigenvalue weighted by atomic mass is 10.1. The van der Waals surface area contributed by atoms with E-state index in [1.807, 2.05) is 66.7 Å². The molecule has 0 bridgehead atoms. The molecule has 30 heavy (non-hydrogen) atoms. The highest BCUT2D eigenvalue weighted by molar-refractivity contribution is 6.32. The van der Waals surface area contributed by atoms with E-state index in [4.69, 9.17) is 27.9 Å². The standard InChI is InChI=1S/C13H11ClO.C13H19ClO/c14-12-6-8-13(9-7-12)15-10-11-4-2-1-3-5-11;1-2-3-4-5-6-8-11-9-7-10-12(15)13(11)14/h1-9H,10H2;7,9-10,15H,2-6,8H2,1H3. The van der Waals surface area contributed by atoms with E-state index in [-0.39, 0.29) is 5.75 Å². The van der Waals surface area contributed by atoms with E-state index in [1.54, 1.807) is 6.07 Å². The van der Waals surface area contributed by atoms with Gasteiger partial charge in [0.05, 0.1) is 5.02 Å². The number of phenolic OH excluding ortho intramolecular Hbond substituents is 1. The molecule has 2 nitrogen and oxygen atoms in total. The highest BCUT2D eigenvalue weighted by Crippen LogP contribution is 2.27. The monoisotopic (exact) mass is 444 g/mol. The van der Waals surface area contributed by atoms with Crippen LogP contribution in [0.3, 0.4) is 0 Å². The van der Waals surface area contributed by atoms with Gasteiger partial charge in [-0.2, -0.15) is 0 Å². The Labute approximate surface area is 190 Å². The van der Waals surface area contributed by atoms with Crippen molar-refractivity contribution in [1.82, 2.24) is 0 Å². The summed E-state index contributed by atoms with van der Waals surface area (Å²) >= 11 is 11.8. The smallest absolute Gasteiger partial charge is 0.134 e. The van der Waals surface area contributed by atoms with Crippen LogP contribution < -0.4 is 4.74 Å². The molecule has 3 rings (SSSR count). The molecule has 0 saturated heterocycles. The van der Waals surface area contributed by atoms with Gasteiger partial charge >= 0.3 is 0 Å². The van der Waals surface area contributed by atoms with E-state index < -0.39 is 0 Å². The normalized spacial score (nSPS) is 10.2. The van der Waals surface area contributed by atoms with Gasteiger partial charge in [-0.1, -0.05) is 98.3 Å². The average Bonchev–Trinajstić information content (AvgIpc) is 2.77. The summed E-state index contributed by atoms with van der Waals surface area (Å²) in [5.74, 6) is 1.03. The summed E-state index contributed by atoms with van der Waals surface area (Å²) in [6, 6.07) is 22.9. The molecule has 0 amide bonds. The van der Waals surface area contributed by atoms with E-state index in [0.29, 0.717) is 11.6 Å². The van der Waals surface area contributed by atoms with Crippen molar-refractivity contribution >= 4 is 23.2 Å². The van der Waals surface area contributed by atoms with Crippen LogP contribution in [0, 0.1) is 0 Å². The zero-order chi connectivity index (χ0) is 21.6. The molecule has 0 fully saturated rings. The molecule has 0 aliphatic rings. The molecular weight excluding hydrogens is 415 g/mol. The van der Waals surface area contributed by atoms with Crippen molar-refractivity contribution in [2.45, 2.75) is 52.1 Å². The van der Waals surface area contributed by atoms with Gasteiger partial charge in [-0.25, -0.2) is 0 Å². The number of halogens is 2. The fraction of sp³-hybridized carbons (Fsp3) is 0.308. The molecule has 160 valence electrons. The minimum Gasteiger partial charge on any atom is -0.506 e. The van der Waals surface area contributed by atoms with Crippen LogP contribution >= 0.6 is 23.2 Å². The molecule has 0 heterocycles. The van der Waals surface area contributed by atoms with Crippen LogP contribution in [0.1, 0.15) is 50.2 Å². The van der Waals surface area contributed by atoms with Crippen molar-refractivity contribution in [2.24, 2.45) is 0 Å². The zero-order valence-electron chi connectivity index (χ0n) is 17.5. The largest absolute Gasteiger partial charge is 0.506 e. The van der Waals surface area contributed by atoms with Crippen molar-refractivity contribution in [1.29, 1.82) is 0 Å². The molecule has 0 aromatic heterocycles. The Morgan fingerprint density at radius 2 is 1.47 bits per heavy atom. The molecule has 0 radical (unpaired) electrons. The van der Waals surface area contributed by atoms with Crippen molar-refractivity contribution in [3.05, 3.63) is 94.0 Å². The molecule has 0 aliphatic carbocycles. The van der Waals surface area contributed by atoms with Gasteiger partial charge < -0.3 is 9.84 Å². The Hall–Kier alpha value is -2.16. The summed E-state index contributed by atoms with van der Waals surface area (Å²) in [5, 5.41) is 10.7. The van der Waals surface area contributed by atoms with Crippen LogP contribution in [-0.4, -0.2) is 5.11 Å². The fourth-order valence-electron chi connectivity index (χ4n) is 2.95. The van der Waals surface area contributed by atoms with Crippen molar-refractivity contribution < 1.29 is 9.84 Å². The summed E-state index contributed by atoms with van der Waals surface area (Å²) in [6.45, 7) is 2.80. The quantitative estimate of drug-likeness (QED) is 0.335. The summed E-state index contributed by atoms with van der Waals surface area (Å²) in [6.07, 6.45) is 7.26. The third-order valence-electron chi connectivity index (χ3n) is 4.67. The van der Waals surface area contributed by atoms with Crippen LogP contribution in [0.25, 0.3) is 0 Å². The van der Waals surface area contributed by atoms with Crippen LogP contribution in [0.15, 0.2) is 72.8 Å². The summed E-state index contributed by atoms with van der Waals surface area (Å²) < 4.78 is 5.59. The van der Waals surface area contributed by atoms with Gasteiger partial charge in [-0.3, -0.25) is 0 Å². The highest BCUT2D eigenvalue weighted by atomic mass is 35.5. The van der Waals surface area contributed by atoms with Gasteiger partial charge in [0.1, 0.15) is 18.1 Å². The van der Waals surface area contributed by atoms with Crippen molar-refractivity contribution in [2.75, 3.05) is 0 Å². The second-order valence-corrected chi connectivity index (χ2v) is 7.96. The van der Waals surface area contributed by atoms with Gasteiger partial charge in [0.25, 0.3) is 0 Å². The first-order valence-electron chi connectivity index (χ1n) is 10.5. The SMILES string of the molecule is CCCCCCCc1cccc(O)c1Cl.Clc1ccc(OCc2ccccc2)cc1. The second-order valence-electron chi connectivity index (χ2n) is 7.14. The predicted octanol–water partition coefficient (Wildman–Crippen LogP) is 8.48. The number of aryl methyl sites for hydroxylation is 1. The lowest BCUT2D eigenvalue weighted by Gasteiger charge is -2.05. The molecular formula is C26H30Cl2O2. The summed E-state index contributed by atoms with van der Waals surface area (Å²) in [5.41, 5.74) is 2.22.